The molecule has 4 nitrogen and oxygen atoms in total. The minimum absolute atomic E-state index is 0.0226. The number of aliphatic hydroxyl groups excluding tert-OH is 1. The number of hydrogen-bond acceptors (Lipinski definition) is 5. The zero-order chi connectivity index (χ0) is 14.1. The quantitative estimate of drug-likeness (QED) is 0.948. The zero-order valence-electron chi connectivity index (χ0n) is 11.2. The van der Waals surface area contributed by atoms with E-state index in [1.54, 1.807) is 16.2 Å². The Bertz CT molecular complexity index is 594. The fourth-order valence-corrected chi connectivity index (χ4v) is 4.18. The smallest absolute Gasteiger partial charge is 0.273 e. The Hall–Kier alpha value is -1.24. The summed E-state index contributed by atoms with van der Waals surface area (Å²) in [6.45, 7) is 2.80. The maximum Gasteiger partial charge on any atom is 0.273 e. The van der Waals surface area contributed by atoms with Crippen molar-refractivity contribution in [2.45, 2.75) is 19.4 Å². The number of hydrogen-bond donors (Lipinski definition) is 1. The fraction of sp³-hybridized carbons (Fsp3) is 0.429. The van der Waals surface area contributed by atoms with Crippen molar-refractivity contribution in [3.8, 4) is 9.88 Å². The molecule has 1 amide bonds. The summed E-state index contributed by atoms with van der Waals surface area (Å²) in [4.78, 5) is 19.8. The summed E-state index contributed by atoms with van der Waals surface area (Å²) < 4.78 is 0. The van der Waals surface area contributed by atoms with Gasteiger partial charge in [-0.05, 0) is 23.8 Å². The lowest BCUT2D eigenvalue weighted by Gasteiger charge is -2.24. The van der Waals surface area contributed by atoms with Crippen LogP contribution in [0.2, 0.25) is 0 Å². The standard InChI is InChI=1S/C14H16N2O2S2/c1-9-4-5-16(11(9)7-17)14(18)10-8-20-13(15-10)12-3-2-6-19-12/h2-3,6,8-9,11,17H,4-5,7H2,1H3. The SMILES string of the molecule is CC1CCN(C(=O)c2csc(-c3cccs3)n2)C1CO. The van der Waals surface area contributed by atoms with Gasteiger partial charge in [0, 0.05) is 11.9 Å². The molecule has 0 aliphatic carbocycles. The van der Waals surface area contributed by atoms with Crippen LogP contribution in [-0.4, -0.2) is 40.1 Å². The van der Waals surface area contributed by atoms with E-state index < -0.39 is 0 Å². The summed E-state index contributed by atoms with van der Waals surface area (Å²) in [5, 5.41) is 14.1. The van der Waals surface area contributed by atoms with Gasteiger partial charge in [0.2, 0.25) is 0 Å². The van der Waals surface area contributed by atoms with Gasteiger partial charge in [-0.2, -0.15) is 0 Å². The van der Waals surface area contributed by atoms with E-state index in [0.717, 1.165) is 16.3 Å². The summed E-state index contributed by atoms with van der Waals surface area (Å²) in [7, 11) is 0. The van der Waals surface area contributed by atoms with Gasteiger partial charge in [0.05, 0.1) is 17.5 Å². The maximum absolute atomic E-state index is 12.5. The van der Waals surface area contributed by atoms with Crippen LogP contribution in [0, 0.1) is 5.92 Å². The molecular weight excluding hydrogens is 292 g/mol. The third-order valence-electron chi connectivity index (χ3n) is 3.79. The molecular formula is C14H16N2O2S2. The first-order valence-electron chi connectivity index (χ1n) is 6.62. The number of nitrogens with zero attached hydrogens (tertiary/aromatic N) is 2. The number of likely N-dealkylation sites (tertiary alicyclic amines) is 1. The average molecular weight is 308 g/mol. The van der Waals surface area contributed by atoms with Crippen LogP contribution >= 0.6 is 22.7 Å². The van der Waals surface area contributed by atoms with Crippen molar-refractivity contribution in [2.75, 3.05) is 13.2 Å². The van der Waals surface area contributed by atoms with Gasteiger partial charge >= 0.3 is 0 Å². The van der Waals surface area contributed by atoms with E-state index in [2.05, 4.69) is 11.9 Å². The van der Waals surface area contributed by atoms with E-state index in [1.807, 2.05) is 22.9 Å². The van der Waals surface area contributed by atoms with Gasteiger partial charge in [0.1, 0.15) is 10.7 Å². The molecule has 2 aromatic rings. The van der Waals surface area contributed by atoms with Crippen LogP contribution in [0.5, 0.6) is 0 Å². The molecule has 1 saturated heterocycles. The molecule has 2 atom stereocenters. The van der Waals surface area contributed by atoms with Crippen LogP contribution in [0.25, 0.3) is 9.88 Å². The predicted octanol–water partition coefficient (Wildman–Crippen LogP) is 2.71. The molecule has 20 heavy (non-hydrogen) atoms. The van der Waals surface area contributed by atoms with Crippen molar-refractivity contribution in [1.29, 1.82) is 0 Å². The number of thiophene rings is 1. The van der Waals surface area contributed by atoms with Crippen LogP contribution in [0.3, 0.4) is 0 Å². The number of aromatic nitrogens is 1. The van der Waals surface area contributed by atoms with Gasteiger partial charge in [0.15, 0.2) is 0 Å². The van der Waals surface area contributed by atoms with Gasteiger partial charge in [0.25, 0.3) is 5.91 Å². The Morgan fingerprint density at radius 3 is 3.10 bits per heavy atom. The molecule has 3 rings (SSSR count). The third kappa shape index (κ3) is 2.39. The van der Waals surface area contributed by atoms with Crippen molar-refractivity contribution in [3.63, 3.8) is 0 Å². The van der Waals surface area contributed by atoms with E-state index in [1.165, 1.54) is 11.3 Å². The molecule has 1 fully saturated rings. The summed E-state index contributed by atoms with van der Waals surface area (Å²) in [5.74, 6) is 0.284. The lowest BCUT2D eigenvalue weighted by molar-refractivity contribution is 0.0643. The van der Waals surface area contributed by atoms with Gasteiger partial charge in [-0.25, -0.2) is 4.98 Å². The van der Waals surface area contributed by atoms with E-state index >= 15 is 0 Å². The second-order valence-corrected chi connectivity index (χ2v) is 6.84. The van der Waals surface area contributed by atoms with Crippen molar-refractivity contribution >= 4 is 28.6 Å². The minimum atomic E-state index is -0.0746. The Morgan fingerprint density at radius 2 is 2.40 bits per heavy atom. The molecule has 0 aromatic carbocycles. The number of rotatable bonds is 3. The molecule has 1 N–H and O–H groups in total. The second kappa shape index (κ2) is 5.63. The molecule has 1 aliphatic rings. The highest BCUT2D eigenvalue weighted by Crippen LogP contribution is 2.30. The maximum atomic E-state index is 12.5. The normalized spacial score (nSPS) is 22.4. The van der Waals surface area contributed by atoms with Crippen LogP contribution in [0.1, 0.15) is 23.8 Å². The Morgan fingerprint density at radius 1 is 1.55 bits per heavy atom. The summed E-state index contributed by atoms with van der Waals surface area (Å²) in [6, 6.07) is 3.91. The number of carbonyl (C=O) groups excluding carboxylic acids is 1. The summed E-state index contributed by atoms with van der Waals surface area (Å²) >= 11 is 3.12. The first-order valence-corrected chi connectivity index (χ1v) is 8.38. The highest BCUT2D eigenvalue weighted by Gasteiger charge is 2.35. The monoisotopic (exact) mass is 308 g/mol. The van der Waals surface area contributed by atoms with Crippen LogP contribution in [0.4, 0.5) is 0 Å². The molecule has 0 radical (unpaired) electrons. The zero-order valence-corrected chi connectivity index (χ0v) is 12.8. The topological polar surface area (TPSA) is 53.4 Å². The number of thiazole rings is 1. The Kier molecular flexibility index (Phi) is 3.87. The van der Waals surface area contributed by atoms with Crippen molar-refractivity contribution in [1.82, 2.24) is 9.88 Å². The van der Waals surface area contributed by atoms with Gasteiger partial charge in [-0.1, -0.05) is 13.0 Å². The highest BCUT2D eigenvalue weighted by atomic mass is 32.1. The first kappa shape index (κ1) is 13.7. The van der Waals surface area contributed by atoms with Crippen molar-refractivity contribution in [3.05, 3.63) is 28.6 Å². The highest BCUT2D eigenvalue weighted by molar-refractivity contribution is 7.20. The molecule has 0 saturated carbocycles. The third-order valence-corrected chi connectivity index (χ3v) is 5.67. The molecule has 106 valence electrons. The number of carbonyl (C=O) groups is 1. The second-order valence-electron chi connectivity index (χ2n) is 5.03. The average Bonchev–Trinajstić information content (AvgIpc) is 3.17. The molecule has 2 aromatic heterocycles. The molecule has 1 aliphatic heterocycles. The van der Waals surface area contributed by atoms with Crippen LogP contribution in [-0.2, 0) is 0 Å². The summed E-state index contributed by atoms with van der Waals surface area (Å²) in [6.07, 6.45) is 0.943. The van der Waals surface area contributed by atoms with Crippen molar-refractivity contribution in [2.24, 2.45) is 5.92 Å². The molecule has 0 spiro atoms. The van der Waals surface area contributed by atoms with E-state index in [9.17, 15) is 9.90 Å². The van der Waals surface area contributed by atoms with Gasteiger partial charge in [-0.15, -0.1) is 22.7 Å². The van der Waals surface area contributed by atoms with E-state index in [0.29, 0.717) is 18.2 Å². The number of aliphatic hydroxyl groups is 1. The first-order chi connectivity index (χ1) is 9.70. The van der Waals surface area contributed by atoms with E-state index in [4.69, 9.17) is 0 Å². The van der Waals surface area contributed by atoms with Gasteiger partial charge < -0.3 is 10.0 Å². The molecule has 3 heterocycles. The lowest BCUT2D eigenvalue weighted by atomic mass is 10.0. The summed E-state index contributed by atoms with van der Waals surface area (Å²) in [5.41, 5.74) is 0.492. The minimum Gasteiger partial charge on any atom is -0.394 e. The number of amides is 1. The van der Waals surface area contributed by atoms with Crippen LogP contribution < -0.4 is 0 Å². The lowest BCUT2D eigenvalue weighted by Crippen LogP contribution is -2.39. The molecule has 6 heteroatoms. The Labute approximate surface area is 125 Å². The predicted molar refractivity (Wildman–Crippen MR) is 81.1 cm³/mol. The van der Waals surface area contributed by atoms with Gasteiger partial charge in [-0.3, -0.25) is 4.79 Å². The molecule has 0 bridgehead atoms. The fourth-order valence-electron chi connectivity index (χ4n) is 2.57. The van der Waals surface area contributed by atoms with Crippen molar-refractivity contribution < 1.29 is 9.90 Å². The van der Waals surface area contributed by atoms with Crippen LogP contribution in [0.15, 0.2) is 22.9 Å². The Balaban J connectivity index is 1.81. The largest absolute Gasteiger partial charge is 0.394 e. The van der Waals surface area contributed by atoms with E-state index in [-0.39, 0.29) is 18.6 Å². The molecule has 2 unspecified atom stereocenters.